The summed E-state index contributed by atoms with van der Waals surface area (Å²) in [5.74, 6) is 0. The van der Waals surface area contributed by atoms with Gasteiger partial charge in [0.05, 0.1) is 0 Å². The second kappa shape index (κ2) is 6.03. The lowest BCUT2D eigenvalue weighted by atomic mass is 10.2. The minimum atomic E-state index is 0.610. The van der Waals surface area contributed by atoms with Gasteiger partial charge in [-0.2, -0.15) is 0 Å². The molecule has 2 N–H and O–H groups in total. The van der Waals surface area contributed by atoms with Crippen LogP contribution in [0.3, 0.4) is 0 Å². The summed E-state index contributed by atoms with van der Waals surface area (Å²) in [6, 6.07) is 10.7. The Hall–Kier alpha value is -1.32. The summed E-state index contributed by atoms with van der Waals surface area (Å²) >= 11 is 1.85. The fraction of sp³-hybridized carbons (Fsp3) is 0.333. The molecule has 0 aliphatic carbocycles. The van der Waals surface area contributed by atoms with Crippen molar-refractivity contribution >= 4 is 17.0 Å². The zero-order valence-corrected chi connectivity index (χ0v) is 11.8. The number of likely N-dealkylation sites (N-methyl/N-ethyl adjacent to an activating group) is 1. The minimum Gasteiger partial charge on any atom is -0.374 e. The third-order valence-electron chi connectivity index (χ3n) is 3.26. The maximum Gasteiger partial charge on any atom is 0.0363 e. The van der Waals surface area contributed by atoms with E-state index in [1.807, 2.05) is 11.3 Å². The van der Waals surface area contributed by atoms with E-state index in [1.165, 1.54) is 21.7 Å². The zero-order chi connectivity index (χ0) is 13.0. The molecule has 1 aromatic heterocycles. The van der Waals surface area contributed by atoms with Gasteiger partial charge in [-0.05, 0) is 48.1 Å². The van der Waals surface area contributed by atoms with E-state index in [0.29, 0.717) is 6.54 Å². The number of benzene rings is 1. The Labute approximate surface area is 113 Å². The first-order valence-corrected chi connectivity index (χ1v) is 7.12. The van der Waals surface area contributed by atoms with Crippen LogP contribution >= 0.6 is 11.3 Å². The van der Waals surface area contributed by atoms with Crippen LogP contribution < -0.4 is 10.6 Å². The summed E-state index contributed by atoms with van der Waals surface area (Å²) < 4.78 is 0. The molecule has 1 aromatic carbocycles. The number of nitrogens with zero attached hydrogens (tertiary/aromatic N) is 1. The Kier molecular flexibility index (Phi) is 4.39. The van der Waals surface area contributed by atoms with Gasteiger partial charge in [0, 0.05) is 30.7 Å². The van der Waals surface area contributed by atoms with Crippen LogP contribution in [0.25, 0.3) is 0 Å². The molecule has 0 fully saturated rings. The Morgan fingerprint density at radius 1 is 1.17 bits per heavy atom. The van der Waals surface area contributed by atoms with Crippen molar-refractivity contribution in [3.05, 3.63) is 51.7 Å². The van der Waals surface area contributed by atoms with Crippen molar-refractivity contribution in [1.82, 2.24) is 0 Å². The van der Waals surface area contributed by atoms with E-state index in [1.54, 1.807) is 0 Å². The molecular weight excluding hydrogens is 240 g/mol. The number of thiophene rings is 1. The first-order chi connectivity index (χ1) is 8.70. The third-order valence-corrected chi connectivity index (χ3v) is 4.34. The van der Waals surface area contributed by atoms with Crippen molar-refractivity contribution in [3.8, 4) is 0 Å². The average Bonchev–Trinajstić information content (AvgIpc) is 2.81. The van der Waals surface area contributed by atoms with Crippen LogP contribution in [0.1, 0.15) is 16.0 Å². The van der Waals surface area contributed by atoms with E-state index in [4.69, 9.17) is 5.73 Å². The maximum atomic E-state index is 5.60. The molecule has 2 aromatic rings. The number of anilines is 1. The van der Waals surface area contributed by atoms with E-state index in [-0.39, 0.29) is 0 Å². The van der Waals surface area contributed by atoms with Crippen molar-refractivity contribution in [1.29, 1.82) is 0 Å². The molecule has 0 spiro atoms. The van der Waals surface area contributed by atoms with E-state index in [2.05, 4.69) is 54.6 Å². The van der Waals surface area contributed by atoms with Crippen LogP contribution in [0.15, 0.2) is 35.7 Å². The lowest BCUT2D eigenvalue weighted by Gasteiger charge is -2.19. The highest BCUT2D eigenvalue weighted by Gasteiger charge is 2.04. The topological polar surface area (TPSA) is 29.3 Å². The molecule has 0 saturated carbocycles. The molecule has 96 valence electrons. The van der Waals surface area contributed by atoms with E-state index in [0.717, 1.165) is 13.0 Å². The van der Waals surface area contributed by atoms with Crippen LogP contribution in [0.4, 0.5) is 5.69 Å². The van der Waals surface area contributed by atoms with Gasteiger partial charge in [0.25, 0.3) is 0 Å². The van der Waals surface area contributed by atoms with Crippen LogP contribution in [-0.4, -0.2) is 13.6 Å². The van der Waals surface area contributed by atoms with Crippen molar-refractivity contribution in [3.63, 3.8) is 0 Å². The van der Waals surface area contributed by atoms with E-state index < -0.39 is 0 Å². The molecule has 0 atom stereocenters. The molecular formula is C15H20N2S. The van der Waals surface area contributed by atoms with Crippen LogP contribution in [-0.2, 0) is 13.0 Å². The predicted molar refractivity (Wildman–Crippen MR) is 80.4 cm³/mol. The lowest BCUT2D eigenvalue weighted by Crippen LogP contribution is -2.20. The summed E-state index contributed by atoms with van der Waals surface area (Å²) in [4.78, 5) is 3.78. The molecule has 0 bridgehead atoms. The first kappa shape index (κ1) is 13.1. The zero-order valence-electron chi connectivity index (χ0n) is 11.0. The van der Waals surface area contributed by atoms with Crippen LogP contribution in [0.2, 0.25) is 0 Å². The summed E-state index contributed by atoms with van der Waals surface area (Å²) in [5.41, 5.74) is 9.45. The number of nitrogens with two attached hydrogens (primary N) is 1. The highest BCUT2D eigenvalue weighted by molar-refractivity contribution is 7.10. The Bertz CT molecular complexity index is 487. The largest absolute Gasteiger partial charge is 0.374 e. The molecule has 1 heterocycles. The summed E-state index contributed by atoms with van der Waals surface area (Å²) in [7, 11) is 2.14. The molecule has 0 amide bonds. The van der Waals surface area contributed by atoms with Gasteiger partial charge in [0.15, 0.2) is 0 Å². The molecule has 2 rings (SSSR count). The van der Waals surface area contributed by atoms with Gasteiger partial charge < -0.3 is 10.6 Å². The Morgan fingerprint density at radius 2 is 1.89 bits per heavy atom. The highest BCUT2D eigenvalue weighted by Crippen LogP contribution is 2.18. The van der Waals surface area contributed by atoms with Gasteiger partial charge in [-0.1, -0.05) is 12.1 Å². The Morgan fingerprint density at radius 3 is 2.44 bits per heavy atom. The molecule has 0 saturated heterocycles. The van der Waals surface area contributed by atoms with Crippen molar-refractivity contribution in [2.75, 3.05) is 18.5 Å². The summed E-state index contributed by atoms with van der Waals surface area (Å²) in [5, 5.41) is 2.17. The van der Waals surface area contributed by atoms with Crippen molar-refractivity contribution < 1.29 is 0 Å². The normalized spacial score (nSPS) is 10.6. The van der Waals surface area contributed by atoms with Crippen LogP contribution in [0.5, 0.6) is 0 Å². The number of aryl methyl sites for hydroxylation is 1. The smallest absolute Gasteiger partial charge is 0.0363 e. The molecule has 0 radical (unpaired) electrons. The quantitative estimate of drug-likeness (QED) is 0.894. The monoisotopic (exact) mass is 260 g/mol. The van der Waals surface area contributed by atoms with E-state index >= 15 is 0 Å². The Balaban J connectivity index is 1.94. The molecule has 18 heavy (non-hydrogen) atoms. The predicted octanol–water partition coefficient (Wildman–Crippen LogP) is 3.19. The summed E-state index contributed by atoms with van der Waals surface area (Å²) in [6.07, 6.45) is 1.11. The minimum absolute atomic E-state index is 0.610. The van der Waals surface area contributed by atoms with Crippen LogP contribution in [0, 0.1) is 6.92 Å². The molecule has 3 heteroatoms. The van der Waals surface area contributed by atoms with Gasteiger partial charge in [-0.15, -0.1) is 11.3 Å². The molecule has 0 aliphatic rings. The van der Waals surface area contributed by atoms with Gasteiger partial charge in [-0.3, -0.25) is 0 Å². The third kappa shape index (κ3) is 3.12. The lowest BCUT2D eigenvalue weighted by molar-refractivity contribution is 0.882. The fourth-order valence-electron chi connectivity index (χ4n) is 1.95. The van der Waals surface area contributed by atoms with Gasteiger partial charge in [0.2, 0.25) is 0 Å². The standard InChI is InChI=1S/C15H20N2S/c1-12-8-10-18-15(12)7-9-17(2)14-5-3-13(11-16)4-6-14/h3-6,8,10H,7,9,11,16H2,1-2H3. The second-order valence-electron chi connectivity index (χ2n) is 4.57. The fourth-order valence-corrected chi connectivity index (χ4v) is 2.84. The van der Waals surface area contributed by atoms with E-state index in [9.17, 15) is 0 Å². The van der Waals surface area contributed by atoms with Crippen molar-refractivity contribution in [2.24, 2.45) is 5.73 Å². The molecule has 0 unspecified atom stereocenters. The van der Waals surface area contributed by atoms with Gasteiger partial charge >= 0.3 is 0 Å². The molecule has 2 nitrogen and oxygen atoms in total. The second-order valence-corrected chi connectivity index (χ2v) is 5.57. The first-order valence-electron chi connectivity index (χ1n) is 6.24. The highest BCUT2D eigenvalue weighted by atomic mass is 32.1. The number of hydrogen-bond acceptors (Lipinski definition) is 3. The molecule has 0 aliphatic heterocycles. The maximum absolute atomic E-state index is 5.60. The number of hydrogen-bond donors (Lipinski definition) is 1. The van der Waals surface area contributed by atoms with Crippen molar-refractivity contribution in [2.45, 2.75) is 19.9 Å². The summed E-state index contributed by atoms with van der Waals surface area (Å²) in [6.45, 7) is 3.84. The number of rotatable bonds is 5. The average molecular weight is 260 g/mol. The van der Waals surface area contributed by atoms with Gasteiger partial charge in [0.1, 0.15) is 0 Å². The van der Waals surface area contributed by atoms with Gasteiger partial charge in [-0.25, -0.2) is 0 Å². The SMILES string of the molecule is Cc1ccsc1CCN(C)c1ccc(CN)cc1.